The summed E-state index contributed by atoms with van der Waals surface area (Å²) >= 11 is 0. The van der Waals surface area contributed by atoms with E-state index >= 15 is 0 Å². The third-order valence-electron chi connectivity index (χ3n) is 1.91. The molecule has 0 spiro atoms. The van der Waals surface area contributed by atoms with Gasteiger partial charge in [-0.25, -0.2) is 0 Å². The van der Waals surface area contributed by atoms with Crippen LogP contribution in [-0.2, 0) is 0 Å². The first-order chi connectivity index (χ1) is 8.79. The zero-order valence-corrected chi connectivity index (χ0v) is 12.4. The van der Waals surface area contributed by atoms with Gasteiger partial charge in [-0.3, -0.25) is 0 Å². The highest BCUT2D eigenvalue weighted by Crippen LogP contribution is 2.10. The lowest BCUT2D eigenvalue weighted by atomic mass is 10.0. The van der Waals surface area contributed by atoms with E-state index in [1.54, 1.807) is 6.21 Å². The Morgan fingerprint density at radius 1 is 1.17 bits per heavy atom. The minimum absolute atomic E-state index is 1.03. The molecule has 0 aromatic heterocycles. The fraction of sp³-hybridized carbons (Fsp3) is 0.375. The van der Waals surface area contributed by atoms with Crippen LogP contribution in [0.25, 0.3) is 0 Å². The summed E-state index contributed by atoms with van der Waals surface area (Å²) in [5.41, 5.74) is 3.17. The molecule has 1 aromatic rings. The molecule has 0 fully saturated rings. The Hall–Kier alpha value is -1.88. The van der Waals surface area contributed by atoms with Crippen molar-refractivity contribution in [2.75, 3.05) is 0 Å². The molecule has 0 heterocycles. The Labute approximate surface area is 112 Å². The van der Waals surface area contributed by atoms with Crippen LogP contribution in [0.1, 0.15) is 51.3 Å². The fourth-order valence-electron chi connectivity index (χ4n) is 1.17. The van der Waals surface area contributed by atoms with Gasteiger partial charge in [-0.15, -0.1) is 5.92 Å². The van der Waals surface area contributed by atoms with Gasteiger partial charge in [-0.2, -0.15) is 10.2 Å². The Morgan fingerprint density at radius 3 is 2.28 bits per heavy atom. The van der Waals surface area contributed by atoms with Crippen LogP contribution < -0.4 is 0 Å². The van der Waals surface area contributed by atoms with Gasteiger partial charge in [0.1, 0.15) is 0 Å². The molecular formula is C16H24N2. The molecule has 0 aliphatic carbocycles. The van der Waals surface area contributed by atoms with Crippen molar-refractivity contribution in [1.29, 1.82) is 0 Å². The molecule has 0 N–H and O–H groups in total. The third kappa shape index (κ3) is 6.65. The number of benzene rings is 1. The normalized spacial score (nSPS) is 8.11. The SMILES string of the molecule is C=N/N=C\c1cccc(C#CC)c1C.CC.CC. The molecule has 0 radical (unpaired) electrons. The second kappa shape index (κ2) is 13.2. The number of hydrogen-bond donors (Lipinski definition) is 0. The lowest BCUT2D eigenvalue weighted by Gasteiger charge is -2.01. The zero-order valence-electron chi connectivity index (χ0n) is 12.4. The van der Waals surface area contributed by atoms with Gasteiger partial charge < -0.3 is 0 Å². The van der Waals surface area contributed by atoms with Gasteiger partial charge >= 0.3 is 0 Å². The van der Waals surface area contributed by atoms with Gasteiger partial charge in [0.2, 0.25) is 0 Å². The van der Waals surface area contributed by atoms with Crippen molar-refractivity contribution in [2.45, 2.75) is 41.5 Å². The van der Waals surface area contributed by atoms with E-state index in [1.807, 2.05) is 59.7 Å². The molecule has 2 heteroatoms. The first-order valence-corrected chi connectivity index (χ1v) is 6.31. The van der Waals surface area contributed by atoms with Crippen molar-refractivity contribution >= 4 is 12.9 Å². The molecular weight excluding hydrogens is 220 g/mol. The summed E-state index contributed by atoms with van der Waals surface area (Å²) in [4.78, 5) is 0. The molecule has 0 saturated heterocycles. The summed E-state index contributed by atoms with van der Waals surface area (Å²) in [6, 6.07) is 5.92. The van der Waals surface area contributed by atoms with E-state index in [0.717, 1.165) is 16.7 Å². The summed E-state index contributed by atoms with van der Waals surface area (Å²) in [5.74, 6) is 5.91. The molecule has 18 heavy (non-hydrogen) atoms. The maximum Gasteiger partial charge on any atom is 0.0570 e. The van der Waals surface area contributed by atoms with E-state index in [9.17, 15) is 0 Å². The van der Waals surface area contributed by atoms with E-state index in [2.05, 4.69) is 28.8 Å². The Morgan fingerprint density at radius 2 is 1.78 bits per heavy atom. The van der Waals surface area contributed by atoms with E-state index in [0.29, 0.717) is 0 Å². The van der Waals surface area contributed by atoms with Crippen molar-refractivity contribution in [3.05, 3.63) is 34.9 Å². The fourth-order valence-corrected chi connectivity index (χ4v) is 1.17. The molecule has 1 rings (SSSR count). The highest BCUT2D eigenvalue weighted by atomic mass is 15.2. The molecule has 0 aliphatic rings. The second-order valence-corrected chi connectivity index (χ2v) is 2.78. The summed E-state index contributed by atoms with van der Waals surface area (Å²) in [6.45, 7) is 15.1. The van der Waals surface area contributed by atoms with Gasteiger partial charge in [0.25, 0.3) is 0 Å². The first-order valence-electron chi connectivity index (χ1n) is 6.31. The Kier molecular flexibility index (Phi) is 13.5. The molecule has 0 atom stereocenters. The number of hydrogen-bond acceptors (Lipinski definition) is 2. The van der Waals surface area contributed by atoms with Gasteiger partial charge in [0.15, 0.2) is 0 Å². The van der Waals surface area contributed by atoms with Gasteiger partial charge in [-0.05, 0) is 31.0 Å². The summed E-state index contributed by atoms with van der Waals surface area (Å²) in [7, 11) is 0. The highest BCUT2D eigenvalue weighted by Gasteiger charge is 1.98. The third-order valence-corrected chi connectivity index (χ3v) is 1.91. The van der Waals surface area contributed by atoms with Crippen LogP contribution in [0.4, 0.5) is 0 Å². The maximum atomic E-state index is 3.74. The average molecular weight is 244 g/mol. The molecule has 2 nitrogen and oxygen atoms in total. The Bertz CT molecular complexity index is 420. The number of rotatable bonds is 2. The molecule has 98 valence electrons. The van der Waals surface area contributed by atoms with Crippen LogP contribution in [0.2, 0.25) is 0 Å². The lowest BCUT2D eigenvalue weighted by molar-refractivity contribution is 1.27. The summed E-state index contributed by atoms with van der Waals surface area (Å²) in [5, 5.41) is 7.18. The van der Waals surface area contributed by atoms with E-state index in [4.69, 9.17) is 0 Å². The monoisotopic (exact) mass is 244 g/mol. The predicted octanol–water partition coefficient (Wildman–Crippen LogP) is 4.45. The molecule has 0 bridgehead atoms. The minimum atomic E-state index is 1.03. The minimum Gasteiger partial charge on any atom is -0.167 e. The van der Waals surface area contributed by atoms with Crippen LogP contribution in [0.15, 0.2) is 28.4 Å². The zero-order chi connectivity index (χ0) is 14.4. The van der Waals surface area contributed by atoms with Crippen LogP contribution >= 0.6 is 0 Å². The molecule has 1 aromatic carbocycles. The van der Waals surface area contributed by atoms with Crippen molar-refractivity contribution in [1.82, 2.24) is 0 Å². The van der Waals surface area contributed by atoms with Crippen molar-refractivity contribution in [3.63, 3.8) is 0 Å². The summed E-state index contributed by atoms with van der Waals surface area (Å²) < 4.78 is 0. The topological polar surface area (TPSA) is 24.7 Å². The maximum absolute atomic E-state index is 3.74. The lowest BCUT2D eigenvalue weighted by Crippen LogP contribution is -1.90. The summed E-state index contributed by atoms with van der Waals surface area (Å²) in [6.07, 6.45) is 1.68. The van der Waals surface area contributed by atoms with E-state index in [1.165, 1.54) is 0 Å². The van der Waals surface area contributed by atoms with Gasteiger partial charge in [-0.1, -0.05) is 45.7 Å². The van der Waals surface area contributed by atoms with Gasteiger partial charge in [0.05, 0.1) is 6.21 Å². The van der Waals surface area contributed by atoms with Gasteiger partial charge in [0, 0.05) is 12.3 Å². The number of nitrogens with zero attached hydrogens (tertiary/aromatic N) is 2. The predicted molar refractivity (Wildman–Crippen MR) is 83.6 cm³/mol. The average Bonchev–Trinajstić information content (AvgIpc) is 2.44. The Balaban J connectivity index is 0. The highest BCUT2D eigenvalue weighted by molar-refractivity contribution is 5.82. The molecule has 0 aliphatic heterocycles. The van der Waals surface area contributed by atoms with Crippen molar-refractivity contribution < 1.29 is 0 Å². The molecule has 0 saturated carbocycles. The first kappa shape index (κ1) is 18.5. The molecule has 0 unspecified atom stereocenters. The van der Waals surface area contributed by atoms with Crippen LogP contribution in [0.5, 0.6) is 0 Å². The van der Waals surface area contributed by atoms with Crippen molar-refractivity contribution in [3.8, 4) is 11.8 Å². The van der Waals surface area contributed by atoms with Crippen molar-refractivity contribution in [2.24, 2.45) is 10.2 Å². The van der Waals surface area contributed by atoms with Crippen LogP contribution in [0, 0.1) is 18.8 Å². The smallest absolute Gasteiger partial charge is 0.0570 e. The van der Waals surface area contributed by atoms with Crippen LogP contribution in [-0.4, -0.2) is 12.9 Å². The second-order valence-electron chi connectivity index (χ2n) is 2.78. The van der Waals surface area contributed by atoms with Crippen LogP contribution in [0.3, 0.4) is 0 Å². The quantitative estimate of drug-likeness (QED) is 0.417. The standard InChI is InChI=1S/C12H12N2.2C2H6/c1-4-6-11-7-5-8-12(10(11)2)9-14-13-3;2*1-2/h5,7-9H,3H2,1-2H3;2*1-2H3/b14-9-;;. The van der Waals surface area contributed by atoms with E-state index < -0.39 is 0 Å². The molecule has 0 amide bonds. The largest absolute Gasteiger partial charge is 0.167 e. The van der Waals surface area contributed by atoms with E-state index in [-0.39, 0.29) is 0 Å².